The van der Waals surface area contributed by atoms with Gasteiger partial charge in [-0.3, -0.25) is 4.90 Å². The second-order valence-corrected chi connectivity index (χ2v) is 6.99. The van der Waals surface area contributed by atoms with Gasteiger partial charge in [-0.25, -0.2) is 0 Å². The minimum atomic E-state index is 0.570. The average molecular weight is 262 g/mol. The van der Waals surface area contributed by atoms with Crippen LogP contribution < -0.4 is 5.73 Å². The van der Waals surface area contributed by atoms with Gasteiger partial charge in [0.15, 0.2) is 0 Å². The van der Waals surface area contributed by atoms with E-state index in [-0.39, 0.29) is 0 Å². The molecule has 1 aromatic carbocycles. The number of nitrogens with zero attached hydrogens (tertiary/aromatic N) is 1. The number of likely N-dealkylation sites (tertiary alicyclic amines) is 1. The van der Waals surface area contributed by atoms with Crippen LogP contribution in [0.15, 0.2) is 29.2 Å². The third-order valence-electron chi connectivity index (χ3n) is 4.06. The molecule has 2 unspecified atom stereocenters. The van der Waals surface area contributed by atoms with Gasteiger partial charge in [-0.05, 0) is 50.4 Å². The van der Waals surface area contributed by atoms with Gasteiger partial charge in [-0.2, -0.15) is 0 Å². The van der Waals surface area contributed by atoms with Crippen molar-refractivity contribution >= 4 is 11.8 Å². The molecule has 0 bridgehead atoms. The first kappa shape index (κ1) is 12.5. The maximum Gasteiger partial charge on any atom is 0.0359 e. The summed E-state index contributed by atoms with van der Waals surface area (Å²) < 4.78 is 0. The van der Waals surface area contributed by atoms with Gasteiger partial charge in [0.25, 0.3) is 0 Å². The predicted octanol–water partition coefficient (Wildman–Crippen LogP) is 2.89. The van der Waals surface area contributed by atoms with Gasteiger partial charge in [0.2, 0.25) is 0 Å². The Bertz CT molecular complexity index is 417. The Kier molecular flexibility index (Phi) is 3.64. The third-order valence-corrected chi connectivity index (χ3v) is 5.49. The second-order valence-electron chi connectivity index (χ2n) is 5.65. The second kappa shape index (κ2) is 5.24. The Labute approximate surface area is 114 Å². The van der Waals surface area contributed by atoms with Crippen molar-refractivity contribution in [2.24, 2.45) is 11.7 Å². The summed E-state index contributed by atoms with van der Waals surface area (Å²) in [5, 5.41) is 0.878. The number of hydrogen-bond acceptors (Lipinski definition) is 3. The van der Waals surface area contributed by atoms with Crippen molar-refractivity contribution in [3.63, 3.8) is 0 Å². The van der Waals surface area contributed by atoms with E-state index in [9.17, 15) is 0 Å². The minimum absolute atomic E-state index is 0.570. The maximum absolute atomic E-state index is 5.83. The van der Waals surface area contributed by atoms with E-state index in [0.29, 0.717) is 12.0 Å². The zero-order chi connectivity index (χ0) is 12.5. The molecule has 3 heteroatoms. The molecule has 2 nitrogen and oxygen atoms in total. The van der Waals surface area contributed by atoms with Crippen LogP contribution in [0.5, 0.6) is 0 Å². The molecule has 2 N–H and O–H groups in total. The van der Waals surface area contributed by atoms with Gasteiger partial charge in [0.1, 0.15) is 0 Å². The highest BCUT2D eigenvalue weighted by atomic mass is 32.2. The van der Waals surface area contributed by atoms with E-state index in [1.165, 1.54) is 29.7 Å². The van der Waals surface area contributed by atoms with Gasteiger partial charge < -0.3 is 5.73 Å². The number of benzene rings is 1. The first-order valence-electron chi connectivity index (χ1n) is 6.94. The third kappa shape index (κ3) is 2.58. The summed E-state index contributed by atoms with van der Waals surface area (Å²) in [6.07, 6.45) is 4.01. The van der Waals surface area contributed by atoms with E-state index in [4.69, 9.17) is 5.73 Å². The van der Waals surface area contributed by atoms with E-state index in [0.717, 1.165) is 18.3 Å². The fourth-order valence-electron chi connectivity index (χ4n) is 2.87. The minimum Gasteiger partial charge on any atom is -0.330 e. The van der Waals surface area contributed by atoms with Gasteiger partial charge in [0.05, 0.1) is 0 Å². The molecule has 0 amide bonds. The highest BCUT2D eigenvalue weighted by Gasteiger charge is 2.32. The lowest BCUT2D eigenvalue weighted by Crippen LogP contribution is -2.20. The molecule has 3 rings (SSSR count). The van der Waals surface area contributed by atoms with Crippen LogP contribution in [0.3, 0.4) is 0 Å². The standard InChI is InChI=1S/C15H22N2S/c1-17-10-11(9-16)8-14(17)13-4-2-3-5-15(13)18-12-6-7-12/h2-5,11-12,14H,6-10,16H2,1H3. The van der Waals surface area contributed by atoms with Gasteiger partial charge in [-0.15, -0.1) is 11.8 Å². The number of rotatable bonds is 4. The monoisotopic (exact) mass is 262 g/mol. The summed E-state index contributed by atoms with van der Waals surface area (Å²) in [7, 11) is 2.24. The molecule has 2 aliphatic rings. The van der Waals surface area contributed by atoms with Crippen LogP contribution in [0, 0.1) is 5.92 Å². The topological polar surface area (TPSA) is 29.3 Å². The van der Waals surface area contributed by atoms with Crippen molar-refractivity contribution in [3.8, 4) is 0 Å². The smallest absolute Gasteiger partial charge is 0.0359 e. The van der Waals surface area contributed by atoms with Crippen molar-refractivity contribution in [3.05, 3.63) is 29.8 Å². The lowest BCUT2D eigenvalue weighted by Gasteiger charge is -2.22. The molecule has 0 radical (unpaired) electrons. The lowest BCUT2D eigenvalue weighted by atomic mass is 10.00. The lowest BCUT2D eigenvalue weighted by molar-refractivity contribution is 0.310. The zero-order valence-electron chi connectivity index (χ0n) is 11.0. The number of thioether (sulfide) groups is 1. The summed E-state index contributed by atoms with van der Waals surface area (Å²) in [6, 6.07) is 9.52. The molecule has 1 saturated heterocycles. The molecule has 98 valence electrons. The largest absolute Gasteiger partial charge is 0.330 e. The summed E-state index contributed by atoms with van der Waals surface area (Å²) in [5.74, 6) is 0.666. The van der Waals surface area contributed by atoms with E-state index in [2.05, 4.69) is 48.0 Å². The van der Waals surface area contributed by atoms with Crippen LogP contribution in [0.2, 0.25) is 0 Å². The molecular weight excluding hydrogens is 240 g/mol. The number of nitrogens with two attached hydrogens (primary N) is 1. The van der Waals surface area contributed by atoms with Crippen LogP contribution in [0.25, 0.3) is 0 Å². The van der Waals surface area contributed by atoms with Gasteiger partial charge >= 0.3 is 0 Å². The van der Waals surface area contributed by atoms with Crippen LogP contribution in [-0.2, 0) is 0 Å². The normalized spacial score (nSPS) is 28.8. The Morgan fingerprint density at radius 3 is 2.78 bits per heavy atom. The van der Waals surface area contributed by atoms with Crippen molar-refractivity contribution in [2.45, 2.75) is 35.4 Å². The van der Waals surface area contributed by atoms with Crippen molar-refractivity contribution in [1.29, 1.82) is 0 Å². The summed E-state index contributed by atoms with van der Waals surface area (Å²) in [5.41, 5.74) is 7.35. The van der Waals surface area contributed by atoms with Crippen molar-refractivity contribution in [2.75, 3.05) is 20.1 Å². The van der Waals surface area contributed by atoms with E-state index < -0.39 is 0 Å². The summed E-state index contributed by atoms with van der Waals surface area (Å²) in [4.78, 5) is 3.97. The Hall–Kier alpha value is -0.510. The molecule has 2 atom stereocenters. The molecule has 2 fully saturated rings. The Morgan fingerprint density at radius 1 is 1.33 bits per heavy atom. The first-order valence-corrected chi connectivity index (χ1v) is 7.81. The molecule has 0 spiro atoms. The fourth-order valence-corrected chi connectivity index (χ4v) is 4.10. The highest BCUT2D eigenvalue weighted by molar-refractivity contribution is 8.00. The Morgan fingerprint density at radius 2 is 2.11 bits per heavy atom. The summed E-state index contributed by atoms with van der Waals surface area (Å²) in [6.45, 7) is 1.96. The molecule has 0 aromatic heterocycles. The zero-order valence-corrected chi connectivity index (χ0v) is 11.8. The van der Waals surface area contributed by atoms with Crippen LogP contribution in [0.4, 0.5) is 0 Å². The van der Waals surface area contributed by atoms with E-state index >= 15 is 0 Å². The molecule has 18 heavy (non-hydrogen) atoms. The van der Waals surface area contributed by atoms with Crippen molar-refractivity contribution in [1.82, 2.24) is 4.90 Å². The van der Waals surface area contributed by atoms with Gasteiger partial charge in [0, 0.05) is 22.7 Å². The Balaban J connectivity index is 1.82. The molecule has 1 aliphatic heterocycles. The maximum atomic E-state index is 5.83. The molecule has 1 aromatic rings. The van der Waals surface area contributed by atoms with E-state index in [1.807, 2.05) is 0 Å². The quantitative estimate of drug-likeness (QED) is 0.904. The molecule has 1 heterocycles. The van der Waals surface area contributed by atoms with Crippen molar-refractivity contribution < 1.29 is 0 Å². The fraction of sp³-hybridized carbons (Fsp3) is 0.600. The average Bonchev–Trinajstić information content (AvgIpc) is 3.11. The highest BCUT2D eigenvalue weighted by Crippen LogP contribution is 2.44. The van der Waals surface area contributed by atoms with Crippen LogP contribution >= 0.6 is 11.8 Å². The van der Waals surface area contributed by atoms with Gasteiger partial charge in [-0.1, -0.05) is 18.2 Å². The molecular formula is C15H22N2S. The van der Waals surface area contributed by atoms with E-state index in [1.54, 1.807) is 0 Å². The first-order chi connectivity index (χ1) is 8.78. The number of hydrogen-bond donors (Lipinski definition) is 1. The molecule has 1 saturated carbocycles. The van der Waals surface area contributed by atoms with Crippen LogP contribution in [-0.4, -0.2) is 30.3 Å². The van der Waals surface area contributed by atoms with Crippen LogP contribution in [0.1, 0.15) is 30.9 Å². The SMILES string of the molecule is CN1CC(CN)CC1c1ccccc1SC1CC1. The predicted molar refractivity (Wildman–Crippen MR) is 77.9 cm³/mol. The molecule has 1 aliphatic carbocycles. The summed E-state index contributed by atoms with van der Waals surface area (Å²) >= 11 is 2.08.